The molecule has 0 saturated carbocycles. The zero-order chi connectivity index (χ0) is 33.4. The number of amides is 1. The molecule has 8 heteroatoms. The standard InChI is InChI=1S/C37H75NO6S/c1-3-5-7-9-11-12-13-14-15-16-17-18-19-20-21-22-23-24-26-28-30-32-36(40)37(41)38-34(33-45(42,43)44)35(39)31-29-27-25-10-8-6-4-2/h34-36,39-40H,3-33H2,1-2H3,(H,38,41)(H,42,43,44). The van der Waals surface area contributed by atoms with Crippen molar-refractivity contribution in [2.75, 3.05) is 5.75 Å². The Bertz CT molecular complexity index is 747. The van der Waals surface area contributed by atoms with E-state index in [4.69, 9.17) is 0 Å². The van der Waals surface area contributed by atoms with Crippen molar-refractivity contribution in [3.05, 3.63) is 0 Å². The minimum Gasteiger partial charge on any atom is -0.391 e. The van der Waals surface area contributed by atoms with Gasteiger partial charge in [-0.2, -0.15) is 8.42 Å². The lowest BCUT2D eigenvalue weighted by atomic mass is 10.0. The fourth-order valence-corrected chi connectivity index (χ4v) is 6.93. The van der Waals surface area contributed by atoms with Gasteiger partial charge in [0.25, 0.3) is 10.1 Å². The van der Waals surface area contributed by atoms with Crippen molar-refractivity contribution in [2.45, 2.75) is 225 Å². The second-order valence-corrected chi connectivity index (χ2v) is 15.2. The fourth-order valence-electron chi connectivity index (χ4n) is 6.17. The van der Waals surface area contributed by atoms with Gasteiger partial charge in [0.1, 0.15) is 6.10 Å². The largest absolute Gasteiger partial charge is 0.391 e. The Morgan fingerprint density at radius 2 is 0.800 bits per heavy atom. The Morgan fingerprint density at radius 1 is 0.511 bits per heavy atom. The molecule has 3 unspecified atom stereocenters. The van der Waals surface area contributed by atoms with Gasteiger partial charge in [-0.15, -0.1) is 0 Å². The Hall–Kier alpha value is -0.700. The highest BCUT2D eigenvalue weighted by atomic mass is 32.2. The number of aliphatic hydroxyl groups is 2. The lowest BCUT2D eigenvalue weighted by Crippen LogP contribution is -2.50. The molecule has 0 saturated heterocycles. The maximum Gasteiger partial charge on any atom is 0.266 e. The van der Waals surface area contributed by atoms with Crippen molar-refractivity contribution in [3.63, 3.8) is 0 Å². The maximum atomic E-state index is 12.5. The average molecular weight is 662 g/mol. The predicted octanol–water partition coefficient (Wildman–Crippen LogP) is 9.82. The molecule has 0 aliphatic rings. The van der Waals surface area contributed by atoms with Gasteiger partial charge >= 0.3 is 0 Å². The number of rotatable bonds is 35. The fraction of sp³-hybridized carbons (Fsp3) is 0.973. The molecule has 0 bridgehead atoms. The summed E-state index contributed by atoms with van der Waals surface area (Å²) in [5.41, 5.74) is 0. The summed E-state index contributed by atoms with van der Waals surface area (Å²) in [6.07, 6.45) is 33.0. The maximum absolute atomic E-state index is 12.5. The second-order valence-electron chi connectivity index (χ2n) is 13.7. The molecular weight excluding hydrogens is 586 g/mol. The van der Waals surface area contributed by atoms with Crippen LogP contribution < -0.4 is 5.32 Å². The number of nitrogens with one attached hydrogen (secondary N) is 1. The quantitative estimate of drug-likeness (QED) is 0.0396. The molecule has 0 rings (SSSR count). The van der Waals surface area contributed by atoms with E-state index in [1.165, 1.54) is 135 Å². The molecule has 270 valence electrons. The van der Waals surface area contributed by atoms with Crippen LogP contribution in [0.5, 0.6) is 0 Å². The topological polar surface area (TPSA) is 124 Å². The smallest absolute Gasteiger partial charge is 0.266 e. The van der Waals surface area contributed by atoms with E-state index in [1.54, 1.807) is 0 Å². The first kappa shape index (κ1) is 44.3. The normalized spacial score (nSPS) is 14.0. The molecule has 45 heavy (non-hydrogen) atoms. The monoisotopic (exact) mass is 662 g/mol. The lowest BCUT2D eigenvalue weighted by Gasteiger charge is -2.24. The molecule has 0 heterocycles. The Morgan fingerprint density at radius 3 is 1.11 bits per heavy atom. The summed E-state index contributed by atoms with van der Waals surface area (Å²) in [4.78, 5) is 12.5. The molecule has 0 aromatic heterocycles. The highest BCUT2D eigenvalue weighted by molar-refractivity contribution is 7.85. The number of aliphatic hydroxyl groups excluding tert-OH is 2. The molecule has 0 radical (unpaired) electrons. The van der Waals surface area contributed by atoms with Crippen LogP contribution in [0.15, 0.2) is 0 Å². The molecule has 0 aromatic rings. The lowest BCUT2D eigenvalue weighted by molar-refractivity contribution is -0.131. The first-order valence-electron chi connectivity index (χ1n) is 19.3. The Balaban J connectivity index is 3.80. The molecule has 4 N–H and O–H groups in total. The van der Waals surface area contributed by atoms with Crippen molar-refractivity contribution in [1.29, 1.82) is 0 Å². The number of unbranched alkanes of at least 4 members (excludes halogenated alkanes) is 26. The van der Waals surface area contributed by atoms with Gasteiger partial charge in [0, 0.05) is 0 Å². The third-order valence-corrected chi connectivity index (χ3v) is 9.95. The van der Waals surface area contributed by atoms with Crippen LogP contribution in [0.2, 0.25) is 0 Å². The summed E-state index contributed by atoms with van der Waals surface area (Å²) in [7, 11) is -4.39. The minimum absolute atomic E-state index is 0.303. The van der Waals surface area contributed by atoms with Crippen LogP contribution in [0.1, 0.15) is 206 Å². The van der Waals surface area contributed by atoms with E-state index < -0.39 is 40.0 Å². The molecule has 7 nitrogen and oxygen atoms in total. The highest BCUT2D eigenvalue weighted by Crippen LogP contribution is 2.16. The van der Waals surface area contributed by atoms with Gasteiger partial charge in [0.15, 0.2) is 0 Å². The Labute approximate surface area is 279 Å². The Kier molecular flexibility index (Phi) is 31.4. The molecular formula is C37H75NO6S. The van der Waals surface area contributed by atoms with Gasteiger partial charge in [0.05, 0.1) is 17.9 Å². The van der Waals surface area contributed by atoms with Crippen molar-refractivity contribution in [2.24, 2.45) is 0 Å². The van der Waals surface area contributed by atoms with E-state index in [2.05, 4.69) is 19.2 Å². The van der Waals surface area contributed by atoms with E-state index >= 15 is 0 Å². The molecule has 0 aliphatic heterocycles. The predicted molar refractivity (Wildman–Crippen MR) is 190 cm³/mol. The summed E-state index contributed by atoms with van der Waals surface area (Å²) < 4.78 is 32.3. The van der Waals surface area contributed by atoms with Crippen LogP contribution in [0.3, 0.4) is 0 Å². The van der Waals surface area contributed by atoms with Gasteiger partial charge in [-0.25, -0.2) is 0 Å². The van der Waals surface area contributed by atoms with Crippen LogP contribution in [0.25, 0.3) is 0 Å². The van der Waals surface area contributed by atoms with Crippen LogP contribution in [0, 0.1) is 0 Å². The zero-order valence-corrected chi connectivity index (χ0v) is 30.4. The summed E-state index contributed by atoms with van der Waals surface area (Å²) in [5, 5.41) is 23.3. The van der Waals surface area contributed by atoms with E-state index in [0.717, 1.165) is 38.5 Å². The van der Waals surface area contributed by atoms with Gasteiger partial charge < -0.3 is 15.5 Å². The van der Waals surface area contributed by atoms with Crippen LogP contribution in [-0.4, -0.2) is 53.1 Å². The molecule has 3 atom stereocenters. The number of carbonyl (C=O) groups excluding carboxylic acids is 1. The van der Waals surface area contributed by atoms with Gasteiger partial charge in [-0.3, -0.25) is 9.35 Å². The van der Waals surface area contributed by atoms with Crippen molar-refractivity contribution >= 4 is 16.0 Å². The van der Waals surface area contributed by atoms with E-state index in [1.807, 2.05) is 0 Å². The van der Waals surface area contributed by atoms with Gasteiger partial charge in [0.2, 0.25) is 5.91 Å². The molecule has 0 fully saturated rings. The average Bonchev–Trinajstić information content (AvgIpc) is 3.00. The number of carbonyl (C=O) groups is 1. The van der Waals surface area contributed by atoms with Crippen molar-refractivity contribution in [3.8, 4) is 0 Å². The van der Waals surface area contributed by atoms with Crippen LogP contribution in [0.4, 0.5) is 0 Å². The summed E-state index contributed by atoms with van der Waals surface area (Å²) in [5.74, 6) is -1.45. The zero-order valence-electron chi connectivity index (χ0n) is 29.6. The molecule has 0 spiro atoms. The summed E-state index contributed by atoms with van der Waals surface area (Å²) in [6.45, 7) is 4.44. The van der Waals surface area contributed by atoms with E-state index in [0.29, 0.717) is 19.3 Å². The second kappa shape index (κ2) is 31.9. The van der Waals surface area contributed by atoms with E-state index in [-0.39, 0.29) is 0 Å². The third kappa shape index (κ3) is 31.7. The SMILES string of the molecule is CCCCCCCCCCCCCCCCCCCCCCCC(O)C(=O)NC(CS(=O)(=O)O)C(O)CCCCCCCCC. The third-order valence-electron chi connectivity index (χ3n) is 9.17. The minimum atomic E-state index is -4.39. The van der Waals surface area contributed by atoms with Crippen molar-refractivity contribution < 1.29 is 28.0 Å². The number of hydrogen-bond acceptors (Lipinski definition) is 5. The highest BCUT2D eigenvalue weighted by Gasteiger charge is 2.28. The van der Waals surface area contributed by atoms with Gasteiger partial charge in [-0.05, 0) is 12.8 Å². The molecule has 0 aromatic carbocycles. The molecule has 1 amide bonds. The van der Waals surface area contributed by atoms with E-state index in [9.17, 15) is 28.0 Å². The van der Waals surface area contributed by atoms with Crippen LogP contribution >= 0.6 is 0 Å². The van der Waals surface area contributed by atoms with Gasteiger partial charge in [-0.1, -0.05) is 194 Å². The molecule has 0 aliphatic carbocycles. The van der Waals surface area contributed by atoms with Crippen molar-refractivity contribution in [1.82, 2.24) is 5.32 Å². The summed E-state index contributed by atoms with van der Waals surface area (Å²) in [6, 6.07) is -1.14. The van der Waals surface area contributed by atoms with Crippen LogP contribution in [-0.2, 0) is 14.9 Å². The number of hydrogen-bond donors (Lipinski definition) is 4. The summed E-state index contributed by atoms with van der Waals surface area (Å²) >= 11 is 0. The first-order chi connectivity index (χ1) is 21.7. The first-order valence-corrected chi connectivity index (χ1v) is 20.9.